The minimum atomic E-state index is -4.41. The van der Waals surface area contributed by atoms with Crippen LogP contribution in [0.15, 0.2) is 54.6 Å². The lowest BCUT2D eigenvalue weighted by molar-refractivity contribution is -0.137. The highest BCUT2D eigenvalue weighted by Crippen LogP contribution is 2.29. The van der Waals surface area contributed by atoms with E-state index in [0.29, 0.717) is 24.5 Å². The number of nitrogens with one attached hydrogen (secondary N) is 1. The summed E-state index contributed by atoms with van der Waals surface area (Å²) in [5, 5.41) is 2.70. The van der Waals surface area contributed by atoms with E-state index in [4.69, 9.17) is 4.74 Å². The molecule has 27 heavy (non-hydrogen) atoms. The number of amides is 1. The third kappa shape index (κ3) is 5.34. The Kier molecular flexibility index (Phi) is 5.81. The zero-order valence-electron chi connectivity index (χ0n) is 14.5. The summed E-state index contributed by atoms with van der Waals surface area (Å²) in [5.74, 6) is -0.411. The molecule has 0 bridgehead atoms. The van der Waals surface area contributed by atoms with Gasteiger partial charge in [-0.3, -0.25) is 4.79 Å². The lowest BCUT2D eigenvalue weighted by Gasteiger charge is -2.28. The van der Waals surface area contributed by atoms with Crippen LogP contribution in [0.4, 0.5) is 24.5 Å². The molecule has 2 aromatic rings. The topological polar surface area (TPSA) is 41.6 Å². The minimum Gasteiger partial charge on any atom is -0.378 e. The first-order valence-corrected chi connectivity index (χ1v) is 8.51. The number of halogens is 3. The number of carbonyl (C=O) groups is 1. The van der Waals surface area contributed by atoms with Gasteiger partial charge in [0.05, 0.1) is 18.8 Å². The molecule has 0 atom stereocenters. The standard InChI is InChI=1S/C20H19F3N2O2/c21-20(22,23)16-3-1-2-15(14-16)4-9-19(26)24-17-5-7-18(8-6-17)25-10-12-27-13-11-25/h1-9,14H,10-13H2,(H,24,26). The Hall–Kier alpha value is -2.80. The Morgan fingerprint density at radius 3 is 2.44 bits per heavy atom. The van der Waals surface area contributed by atoms with Crippen molar-refractivity contribution in [2.75, 3.05) is 36.5 Å². The molecule has 1 heterocycles. The molecule has 0 aromatic heterocycles. The Labute approximate surface area is 155 Å². The maximum Gasteiger partial charge on any atom is 0.416 e. The molecular formula is C20H19F3N2O2. The predicted octanol–water partition coefficient (Wildman–Crippen LogP) is 4.19. The van der Waals surface area contributed by atoms with Gasteiger partial charge in [-0.1, -0.05) is 12.1 Å². The van der Waals surface area contributed by atoms with Crippen molar-refractivity contribution in [2.45, 2.75) is 6.18 Å². The summed E-state index contributed by atoms with van der Waals surface area (Å²) in [5.41, 5.74) is 1.23. The van der Waals surface area contributed by atoms with Crippen molar-refractivity contribution in [3.05, 3.63) is 65.7 Å². The first-order valence-electron chi connectivity index (χ1n) is 8.51. The van der Waals surface area contributed by atoms with Gasteiger partial charge in [-0.05, 0) is 48.0 Å². The van der Waals surface area contributed by atoms with Crippen molar-refractivity contribution in [3.8, 4) is 0 Å². The van der Waals surface area contributed by atoms with Gasteiger partial charge in [0.1, 0.15) is 0 Å². The maximum atomic E-state index is 12.7. The van der Waals surface area contributed by atoms with E-state index in [-0.39, 0.29) is 0 Å². The summed E-state index contributed by atoms with van der Waals surface area (Å²) < 4.78 is 43.4. The average Bonchev–Trinajstić information content (AvgIpc) is 2.67. The summed E-state index contributed by atoms with van der Waals surface area (Å²) >= 11 is 0. The van der Waals surface area contributed by atoms with Crippen LogP contribution in [0.25, 0.3) is 6.08 Å². The van der Waals surface area contributed by atoms with Crippen LogP contribution in [0, 0.1) is 0 Å². The number of hydrogen-bond acceptors (Lipinski definition) is 3. The van der Waals surface area contributed by atoms with Gasteiger partial charge in [-0.2, -0.15) is 13.2 Å². The van der Waals surface area contributed by atoms with Gasteiger partial charge in [-0.15, -0.1) is 0 Å². The number of ether oxygens (including phenoxy) is 1. The van der Waals surface area contributed by atoms with E-state index in [0.717, 1.165) is 30.9 Å². The van der Waals surface area contributed by atoms with Crippen LogP contribution < -0.4 is 10.2 Å². The second-order valence-electron chi connectivity index (χ2n) is 6.09. The van der Waals surface area contributed by atoms with Crippen LogP contribution in [-0.4, -0.2) is 32.2 Å². The third-order valence-corrected chi connectivity index (χ3v) is 4.15. The van der Waals surface area contributed by atoms with E-state index in [9.17, 15) is 18.0 Å². The quantitative estimate of drug-likeness (QED) is 0.814. The van der Waals surface area contributed by atoms with Crippen LogP contribution in [-0.2, 0) is 15.7 Å². The molecule has 1 aliphatic heterocycles. The van der Waals surface area contributed by atoms with Crippen LogP contribution in [0.1, 0.15) is 11.1 Å². The molecule has 1 saturated heterocycles. The van der Waals surface area contributed by atoms with Gasteiger partial charge in [0.2, 0.25) is 5.91 Å². The Morgan fingerprint density at radius 2 is 1.78 bits per heavy atom. The fraction of sp³-hybridized carbons (Fsp3) is 0.250. The monoisotopic (exact) mass is 376 g/mol. The van der Waals surface area contributed by atoms with E-state index in [2.05, 4.69) is 10.2 Å². The third-order valence-electron chi connectivity index (χ3n) is 4.15. The van der Waals surface area contributed by atoms with Crippen LogP contribution in [0.5, 0.6) is 0 Å². The smallest absolute Gasteiger partial charge is 0.378 e. The summed E-state index contributed by atoms with van der Waals surface area (Å²) in [6.45, 7) is 3.04. The number of rotatable bonds is 4. The van der Waals surface area contributed by atoms with Crippen LogP contribution >= 0.6 is 0 Å². The SMILES string of the molecule is O=C(C=Cc1cccc(C(F)(F)F)c1)Nc1ccc(N2CCOCC2)cc1. The fourth-order valence-electron chi connectivity index (χ4n) is 2.75. The van der Waals surface area contributed by atoms with Gasteiger partial charge < -0.3 is 15.0 Å². The van der Waals surface area contributed by atoms with Crippen LogP contribution in [0.3, 0.4) is 0 Å². The molecule has 0 spiro atoms. The highest BCUT2D eigenvalue weighted by Gasteiger charge is 2.30. The molecule has 0 unspecified atom stereocenters. The first-order chi connectivity index (χ1) is 12.9. The van der Waals surface area contributed by atoms with Crippen molar-refractivity contribution >= 4 is 23.4 Å². The fourth-order valence-corrected chi connectivity index (χ4v) is 2.75. The molecule has 0 saturated carbocycles. The number of anilines is 2. The second kappa shape index (κ2) is 8.26. The largest absolute Gasteiger partial charge is 0.416 e. The summed E-state index contributed by atoms with van der Waals surface area (Å²) in [6.07, 6.45) is -1.84. The van der Waals surface area contributed by atoms with Gasteiger partial charge in [0.25, 0.3) is 0 Å². The summed E-state index contributed by atoms with van der Waals surface area (Å²) in [6, 6.07) is 12.2. The molecule has 0 radical (unpaired) electrons. The summed E-state index contributed by atoms with van der Waals surface area (Å²) in [4.78, 5) is 14.2. The lowest BCUT2D eigenvalue weighted by Crippen LogP contribution is -2.36. The van der Waals surface area contributed by atoms with E-state index in [1.807, 2.05) is 12.1 Å². The Bertz CT molecular complexity index is 811. The first kappa shape index (κ1) is 19.0. The van der Waals surface area contributed by atoms with E-state index >= 15 is 0 Å². The molecule has 142 valence electrons. The zero-order valence-corrected chi connectivity index (χ0v) is 14.5. The van der Waals surface area contributed by atoms with Crippen molar-refractivity contribution < 1.29 is 22.7 Å². The van der Waals surface area contributed by atoms with E-state index in [1.54, 1.807) is 12.1 Å². The average molecular weight is 376 g/mol. The number of nitrogens with zero attached hydrogens (tertiary/aromatic N) is 1. The molecule has 1 fully saturated rings. The number of carbonyl (C=O) groups excluding carboxylic acids is 1. The minimum absolute atomic E-state index is 0.308. The molecule has 2 aromatic carbocycles. The molecule has 4 nitrogen and oxygen atoms in total. The van der Waals surface area contributed by atoms with E-state index < -0.39 is 17.6 Å². The van der Waals surface area contributed by atoms with Gasteiger partial charge in [0.15, 0.2) is 0 Å². The predicted molar refractivity (Wildman–Crippen MR) is 98.6 cm³/mol. The zero-order chi connectivity index (χ0) is 19.3. The molecule has 0 aliphatic carbocycles. The number of morpholine rings is 1. The van der Waals surface area contributed by atoms with Gasteiger partial charge in [0, 0.05) is 30.5 Å². The second-order valence-corrected chi connectivity index (χ2v) is 6.09. The Balaban J connectivity index is 1.59. The number of alkyl halides is 3. The van der Waals surface area contributed by atoms with Gasteiger partial charge >= 0.3 is 6.18 Å². The lowest BCUT2D eigenvalue weighted by atomic mass is 10.1. The molecule has 1 aliphatic rings. The van der Waals surface area contributed by atoms with Crippen molar-refractivity contribution in [1.29, 1.82) is 0 Å². The summed E-state index contributed by atoms with van der Waals surface area (Å²) in [7, 11) is 0. The number of hydrogen-bond donors (Lipinski definition) is 1. The molecule has 1 amide bonds. The van der Waals surface area contributed by atoms with Crippen molar-refractivity contribution in [1.82, 2.24) is 0 Å². The van der Waals surface area contributed by atoms with Gasteiger partial charge in [-0.25, -0.2) is 0 Å². The molecule has 3 rings (SSSR count). The molecule has 1 N–H and O–H groups in total. The van der Waals surface area contributed by atoms with Crippen molar-refractivity contribution in [2.24, 2.45) is 0 Å². The van der Waals surface area contributed by atoms with Crippen molar-refractivity contribution in [3.63, 3.8) is 0 Å². The Morgan fingerprint density at radius 1 is 1.07 bits per heavy atom. The normalized spacial score (nSPS) is 15.1. The van der Waals surface area contributed by atoms with Crippen LogP contribution in [0.2, 0.25) is 0 Å². The molecule has 7 heteroatoms. The highest BCUT2D eigenvalue weighted by atomic mass is 19.4. The van der Waals surface area contributed by atoms with E-state index in [1.165, 1.54) is 24.3 Å². The maximum absolute atomic E-state index is 12.7. The molecular weight excluding hydrogens is 357 g/mol. The number of benzene rings is 2. The highest BCUT2D eigenvalue weighted by molar-refractivity contribution is 6.02.